The lowest BCUT2D eigenvalue weighted by atomic mass is 9.79. The van der Waals surface area contributed by atoms with Gasteiger partial charge in [-0.1, -0.05) is 26.0 Å². The van der Waals surface area contributed by atoms with E-state index in [1.54, 1.807) is 13.0 Å². The normalized spacial score (nSPS) is 16.2. The van der Waals surface area contributed by atoms with Crippen LogP contribution in [0.2, 0.25) is 0 Å². The van der Waals surface area contributed by atoms with Crippen LogP contribution in [0.15, 0.2) is 24.3 Å². The molecule has 0 radical (unpaired) electrons. The first-order valence-electron chi connectivity index (χ1n) is 6.66. The van der Waals surface area contributed by atoms with Crippen LogP contribution in [0.5, 0.6) is 0 Å². The summed E-state index contributed by atoms with van der Waals surface area (Å²) in [6.07, 6.45) is -4.03. The molecular formula is C15H23ClF3NO. The Labute approximate surface area is 130 Å². The Morgan fingerprint density at radius 1 is 1.19 bits per heavy atom. The van der Waals surface area contributed by atoms with Crippen molar-refractivity contribution in [3.8, 4) is 0 Å². The molecule has 0 saturated carbocycles. The molecule has 0 spiro atoms. The number of nitrogens with zero attached hydrogens (tertiary/aromatic N) is 1. The highest BCUT2D eigenvalue weighted by molar-refractivity contribution is 5.85. The maximum atomic E-state index is 12.8. The highest BCUT2D eigenvalue weighted by atomic mass is 35.5. The number of aliphatic hydroxyl groups is 1. The first-order chi connectivity index (χ1) is 9.11. The van der Waals surface area contributed by atoms with Gasteiger partial charge in [0.25, 0.3) is 0 Å². The number of hydrogen-bond acceptors (Lipinski definition) is 2. The zero-order valence-electron chi connectivity index (χ0n) is 12.7. The Kier molecular flexibility index (Phi) is 7.20. The fourth-order valence-corrected chi connectivity index (χ4v) is 2.50. The smallest absolute Gasteiger partial charge is 0.385 e. The van der Waals surface area contributed by atoms with Crippen LogP contribution >= 0.6 is 12.4 Å². The Morgan fingerprint density at radius 3 is 2.14 bits per heavy atom. The molecule has 0 aliphatic carbocycles. The topological polar surface area (TPSA) is 23.5 Å². The van der Waals surface area contributed by atoms with Crippen LogP contribution in [0.4, 0.5) is 13.2 Å². The molecule has 1 aromatic carbocycles. The fourth-order valence-electron chi connectivity index (χ4n) is 2.50. The molecule has 21 heavy (non-hydrogen) atoms. The van der Waals surface area contributed by atoms with E-state index in [1.165, 1.54) is 6.07 Å². The average molecular weight is 326 g/mol. The van der Waals surface area contributed by atoms with Gasteiger partial charge in [0.15, 0.2) is 0 Å². The molecule has 1 aromatic rings. The van der Waals surface area contributed by atoms with Crippen molar-refractivity contribution in [1.82, 2.24) is 4.90 Å². The maximum Gasteiger partial charge on any atom is 0.416 e. The lowest BCUT2D eigenvalue weighted by Gasteiger charge is -2.35. The van der Waals surface area contributed by atoms with Crippen LogP contribution in [0.1, 0.15) is 31.4 Å². The standard InChI is InChI=1S/C15H22F3NO.ClH/c1-5-14(20,11(2)10-19(3)4)12-7-6-8-13(9-12)15(16,17)18;/h6-9,11,20H,5,10H2,1-4H3;1H. The summed E-state index contributed by atoms with van der Waals surface area (Å²) in [4.78, 5) is 1.92. The van der Waals surface area contributed by atoms with Gasteiger partial charge in [0.2, 0.25) is 0 Å². The van der Waals surface area contributed by atoms with Gasteiger partial charge in [-0.15, -0.1) is 12.4 Å². The van der Waals surface area contributed by atoms with E-state index in [9.17, 15) is 18.3 Å². The minimum absolute atomic E-state index is 0. The molecule has 0 aliphatic rings. The summed E-state index contributed by atoms with van der Waals surface area (Å²) >= 11 is 0. The van der Waals surface area contributed by atoms with Gasteiger partial charge in [-0.05, 0) is 38.2 Å². The lowest BCUT2D eigenvalue weighted by molar-refractivity contribution is -0.137. The molecule has 0 saturated heterocycles. The van der Waals surface area contributed by atoms with Crippen molar-refractivity contribution in [3.63, 3.8) is 0 Å². The summed E-state index contributed by atoms with van der Waals surface area (Å²) in [6, 6.07) is 4.98. The number of hydrogen-bond donors (Lipinski definition) is 1. The summed E-state index contributed by atoms with van der Waals surface area (Å²) in [5.74, 6) is -0.175. The third-order valence-corrected chi connectivity index (χ3v) is 3.68. The predicted octanol–water partition coefficient (Wildman–Crippen LogP) is 3.92. The number of halogens is 4. The zero-order chi connectivity index (χ0) is 15.6. The quantitative estimate of drug-likeness (QED) is 0.887. The summed E-state index contributed by atoms with van der Waals surface area (Å²) in [5.41, 5.74) is -1.66. The van der Waals surface area contributed by atoms with Gasteiger partial charge in [-0.25, -0.2) is 0 Å². The molecule has 0 fully saturated rings. The van der Waals surface area contributed by atoms with Gasteiger partial charge in [0, 0.05) is 12.5 Å². The van der Waals surface area contributed by atoms with Crippen LogP contribution in [0.3, 0.4) is 0 Å². The van der Waals surface area contributed by atoms with E-state index < -0.39 is 17.3 Å². The zero-order valence-corrected chi connectivity index (χ0v) is 13.6. The maximum absolute atomic E-state index is 12.8. The monoisotopic (exact) mass is 325 g/mol. The van der Waals surface area contributed by atoms with Crippen LogP contribution in [0, 0.1) is 5.92 Å². The van der Waals surface area contributed by atoms with E-state index >= 15 is 0 Å². The molecule has 0 aromatic heterocycles. The van der Waals surface area contributed by atoms with Crippen LogP contribution < -0.4 is 0 Å². The summed E-state index contributed by atoms with van der Waals surface area (Å²) in [6.45, 7) is 4.23. The van der Waals surface area contributed by atoms with Crippen molar-refractivity contribution in [2.75, 3.05) is 20.6 Å². The molecule has 2 atom stereocenters. The molecule has 1 N–H and O–H groups in total. The van der Waals surface area contributed by atoms with Gasteiger partial charge < -0.3 is 10.0 Å². The van der Waals surface area contributed by atoms with Gasteiger partial charge in [-0.3, -0.25) is 0 Å². The molecule has 0 heterocycles. The van der Waals surface area contributed by atoms with Crippen molar-refractivity contribution >= 4 is 12.4 Å². The second-order valence-corrected chi connectivity index (χ2v) is 5.52. The molecule has 0 bridgehead atoms. The van der Waals surface area contributed by atoms with Gasteiger partial charge in [0.05, 0.1) is 11.2 Å². The highest BCUT2D eigenvalue weighted by Crippen LogP contribution is 2.37. The lowest BCUT2D eigenvalue weighted by Crippen LogP contribution is -2.38. The number of alkyl halides is 3. The molecule has 1 rings (SSSR count). The molecule has 2 unspecified atom stereocenters. The van der Waals surface area contributed by atoms with E-state index in [0.29, 0.717) is 18.5 Å². The third kappa shape index (κ3) is 4.87. The number of rotatable bonds is 5. The largest absolute Gasteiger partial charge is 0.416 e. The predicted molar refractivity (Wildman–Crippen MR) is 80.6 cm³/mol. The van der Waals surface area contributed by atoms with E-state index in [4.69, 9.17) is 0 Å². The number of benzene rings is 1. The summed E-state index contributed by atoms with van der Waals surface area (Å²) < 4.78 is 38.3. The molecule has 6 heteroatoms. The minimum Gasteiger partial charge on any atom is -0.385 e. The van der Waals surface area contributed by atoms with Crippen LogP contribution in [0.25, 0.3) is 0 Å². The summed E-state index contributed by atoms with van der Waals surface area (Å²) in [5, 5.41) is 10.8. The Bertz CT molecular complexity index is 451. The Hall–Kier alpha value is -0.780. The van der Waals surface area contributed by atoms with E-state index in [-0.39, 0.29) is 18.3 Å². The molecule has 2 nitrogen and oxygen atoms in total. The first kappa shape index (κ1) is 20.2. The first-order valence-corrected chi connectivity index (χ1v) is 6.66. The van der Waals surface area contributed by atoms with Gasteiger partial charge >= 0.3 is 6.18 Å². The molecule has 122 valence electrons. The van der Waals surface area contributed by atoms with Crippen molar-refractivity contribution in [2.45, 2.75) is 32.0 Å². The van der Waals surface area contributed by atoms with Crippen LogP contribution in [-0.2, 0) is 11.8 Å². The van der Waals surface area contributed by atoms with Gasteiger partial charge in [-0.2, -0.15) is 13.2 Å². The van der Waals surface area contributed by atoms with Crippen molar-refractivity contribution < 1.29 is 18.3 Å². The summed E-state index contributed by atoms with van der Waals surface area (Å²) in [7, 11) is 3.75. The van der Waals surface area contributed by atoms with Crippen molar-refractivity contribution in [1.29, 1.82) is 0 Å². The fraction of sp³-hybridized carbons (Fsp3) is 0.600. The minimum atomic E-state index is -4.39. The molecular weight excluding hydrogens is 303 g/mol. The highest BCUT2D eigenvalue weighted by Gasteiger charge is 2.37. The van der Waals surface area contributed by atoms with E-state index in [0.717, 1.165) is 12.1 Å². The second kappa shape index (κ2) is 7.47. The third-order valence-electron chi connectivity index (χ3n) is 3.68. The van der Waals surface area contributed by atoms with E-state index in [1.807, 2.05) is 25.9 Å². The van der Waals surface area contributed by atoms with Gasteiger partial charge in [0.1, 0.15) is 0 Å². The molecule has 0 amide bonds. The van der Waals surface area contributed by atoms with Crippen molar-refractivity contribution in [2.24, 2.45) is 5.92 Å². The van der Waals surface area contributed by atoms with E-state index in [2.05, 4.69) is 0 Å². The Balaban J connectivity index is 0.00000400. The Morgan fingerprint density at radius 2 is 1.71 bits per heavy atom. The molecule has 0 aliphatic heterocycles. The second-order valence-electron chi connectivity index (χ2n) is 5.52. The average Bonchev–Trinajstić information content (AvgIpc) is 2.36. The van der Waals surface area contributed by atoms with Crippen LogP contribution in [-0.4, -0.2) is 30.6 Å². The SMILES string of the molecule is CCC(O)(c1cccc(C(F)(F)F)c1)C(C)CN(C)C.Cl. The van der Waals surface area contributed by atoms with Crippen molar-refractivity contribution in [3.05, 3.63) is 35.4 Å².